The number of hydrogen-bond acceptors (Lipinski definition) is 3. The van der Waals surface area contributed by atoms with Crippen molar-refractivity contribution in [1.29, 1.82) is 0 Å². The Hall–Kier alpha value is -1.42. The summed E-state index contributed by atoms with van der Waals surface area (Å²) in [6.45, 7) is 0. The van der Waals surface area contributed by atoms with Crippen LogP contribution in [0, 0.1) is 0 Å². The number of allylic oxidation sites excluding steroid dienone is 1. The molecule has 0 amide bonds. The Morgan fingerprint density at radius 2 is 2.25 bits per heavy atom. The van der Waals surface area contributed by atoms with Gasteiger partial charge in [-0.3, -0.25) is 0 Å². The summed E-state index contributed by atoms with van der Waals surface area (Å²) in [5.41, 5.74) is 1.04. The van der Waals surface area contributed by atoms with E-state index in [1.165, 1.54) is 13.2 Å². The molecule has 0 radical (unpaired) electrons. The molecule has 16 heavy (non-hydrogen) atoms. The molecule has 0 spiro atoms. The smallest absolute Gasteiger partial charge is 0.335 e. The van der Waals surface area contributed by atoms with Crippen molar-refractivity contribution in [3.05, 3.63) is 35.4 Å². The quantitative estimate of drug-likeness (QED) is 0.775. The second kappa shape index (κ2) is 6.23. The number of benzene rings is 1. The molecule has 86 valence electrons. The van der Waals surface area contributed by atoms with Crippen molar-refractivity contribution in [2.75, 3.05) is 12.9 Å². The fourth-order valence-corrected chi connectivity index (χ4v) is 1.40. The first kappa shape index (κ1) is 12.6. The zero-order valence-electron chi connectivity index (χ0n) is 9.01. The van der Waals surface area contributed by atoms with Crippen LogP contribution < -0.4 is 4.74 Å². The Bertz CT molecular complexity index is 399. The lowest BCUT2D eigenvalue weighted by atomic mass is 10.1. The van der Waals surface area contributed by atoms with Gasteiger partial charge in [0.25, 0.3) is 0 Å². The molecule has 0 fully saturated rings. The number of hydrogen-bond donors (Lipinski definition) is 2. The van der Waals surface area contributed by atoms with Gasteiger partial charge < -0.3 is 9.84 Å². The summed E-state index contributed by atoms with van der Waals surface area (Å²) in [6, 6.07) is 4.90. The van der Waals surface area contributed by atoms with E-state index in [1.807, 2.05) is 12.2 Å². The van der Waals surface area contributed by atoms with Crippen LogP contribution in [0.4, 0.5) is 0 Å². The van der Waals surface area contributed by atoms with Crippen LogP contribution in [0.3, 0.4) is 0 Å². The Morgan fingerprint density at radius 1 is 1.50 bits per heavy atom. The number of carbonyl (C=O) groups is 1. The number of methoxy groups -OCH3 is 1. The van der Waals surface area contributed by atoms with Crippen molar-refractivity contribution < 1.29 is 14.6 Å². The van der Waals surface area contributed by atoms with Crippen molar-refractivity contribution in [2.24, 2.45) is 0 Å². The summed E-state index contributed by atoms with van der Waals surface area (Å²) < 4.78 is 5.04. The van der Waals surface area contributed by atoms with Crippen molar-refractivity contribution in [3.8, 4) is 5.75 Å². The minimum absolute atomic E-state index is 0.227. The molecule has 0 atom stereocenters. The summed E-state index contributed by atoms with van der Waals surface area (Å²) in [5, 5.41) is 8.91. The third-order valence-electron chi connectivity index (χ3n) is 2.02. The van der Waals surface area contributed by atoms with Crippen molar-refractivity contribution in [1.82, 2.24) is 0 Å². The van der Waals surface area contributed by atoms with Crippen LogP contribution in [-0.2, 0) is 0 Å². The predicted molar refractivity (Wildman–Crippen MR) is 67.5 cm³/mol. The molecular weight excluding hydrogens is 224 g/mol. The maximum Gasteiger partial charge on any atom is 0.335 e. The summed E-state index contributed by atoms with van der Waals surface area (Å²) >= 11 is 4.09. The molecule has 1 aromatic rings. The third kappa shape index (κ3) is 3.62. The van der Waals surface area contributed by atoms with Gasteiger partial charge in [0, 0.05) is 0 Å². The average molecular weight is 238 g/mol. The first-order valence-corrected chi connectivity index (χ1v) is 5.50. The van der Waals surface area contributed by atoms with E-state index in [-0.39, 0.29) is 5.56 Å². The predicted octanol–water partition coefficient (Wildman–Crippen LogP) is 2.73. The highest BCUT2D eigenvalue weighted by atomic mass is 32.1. The number of carboxylic acid groups (broad SMARTS) is 1. The minimum Gasteiger partial charge on any atom is -0.497 e. The standard InChI is InChI=1S/C12H14O3S/c1-15-11-7-9(4-2-3-5-16)6-10(8-11)12(13)14/h2,4,6-8,16H,3,5H2,1H3,(H,13,14). The zero-order chi connectivity index (χ0) is 12.0. The van der Waals surface area contributed by atoms with E-state index in [1.54, 1.807) is 12.1 Å². The monoisotopic (exact) mass is 238 g/mol. The number of carboxylic acids is 1. The SMILES string of the molecule is COc1cc(C=CCCS)cc(C(=O)O)c1. The highest BCUT2D eigenvalue weighted by molar-refractivity contribution is 7.80. The van der Waals surface area contributed by atoms with E-state index in [2.05, 4.69) is 12.6 Å². The molecule has 0 bridgehead atoms. The lowest BCUT2D eigenvalue weighted by molar-refractivity contribution is 0.0696. The average Bonchev–Trinajstić information content (AvgIpc) is 2.29. The minimum atomic E-state index is -0.956. The Labute approximate surface area is 100 Å². The van der Waals surface area contributed by atoms with Crippen LogP contribution in [-0.4, -0.2) is 23.9 Å². The van der Waals surface area contributed by atoms with Gasteiger partial charge in [0.2, 0.25) is 0 Å². The number of ether oxygens (including phenoxy) is 1. The van der Waals surface area contributed by atoms with E-state index in [0.29, 0.717) is 5.75 Å². The summed E-state index contributed by atoms with van der Waals surface area (Å²) in [7, 11) is 1.52. The second-order valence-corrected chi connectivity index (χ2v) is 3.66. The first-order valence-electron chi connectivity index (χ1n) is 4.87. The van der Waals surface area contributed by atoms with Crippen LogP contribution in [0.15, 0.2) is 24.3 Å². The van der Waals surface area contributed by atoms with Gasteiger partial charge in [-0.05, 0) is 35.9 Å². The lowest BCUT2D eigenvalue weighted by Gasteiger charge is -2.03. The molecule has 4 heteroatoms. The highest BCUT2D eigenvalue weighted by Crippen LogP contribution is 2.18. The van der Waals surface area contributed by atoms with Gasteiger partial charge in [-0.15, -0.1) is 0 Å². The Kier molecular flexibility index (Phi) is 4.92. The van der Waals surface area contributed by atoms with E-state index in [9.17, 15) is 4.79 Å². The van der Waals surface area contributed by atoms with Gasteiger partial charge in [0.1, 0.15) is 5.75 Å². The molecule has 0 unspecified atom stereocenters. The summed E-state index contributed by atoms with van der Waals surface area (Å²) in [6.07, 6.45) is 4.67. The fourth-order valence-electron chi connectivity index (χ4n) is 1.25. The summed E-state index contributed by atoms with van der Waals surface area (Å²) in [5.74, 6) is 0.361. The van der Waals surface area contributed by atoms with Gasteiger partial charge in [0.05, 0.1) is 12.7 Å². The Balaban J connectivity index is 2.99. The van der Waals surface area contributed by atoms with E-state index < -0.39 is 5.97 Å². The topological polar surface area (TPSA) is 46.5 Å². The molecular formula is C12H14O3S. The molecule has 0 aliphatic rings. The fraction of sp³-hybridized carbons (Fsp3) is 0.250. The number of rotatable bonds is 5. The van der Waals surface area contributed by atoms with Crippen molar-refractivity contribution >= 4 is 24.7 Å². The van der Waals surface area contributed by atoms with Crippen LogP contribution >= 0.6 is 12.6 Å². The zero-order valence-corrected chi connectivity index (χ0v) is 9.91. The van der Waals surface area contributed by atoms with Crippen LogP contribution in [0.2, 0.25) is 0 Å². The molecule has 0 aliphatic carbocycles. The Morgan fingerprint density at radius 3 is 2.81 bits per heavy atom. The molecule has 0 aromatic heterocycles. The highest BCUT2D eigenvalue weighted by Gasteiger charge is 2.05. The lowest BCUT2D eigenvalue weighted by Crippen LogP contribution is -1.97. The van der Waals surface area contributed by atoms with Crippen molar-refractivity contribution in [2.45, 2.75) is 6.42 Å². The van der Waals surface area contributed by atoms with Gasteiger partial charge in [0.15, 0.2) is 0 Å². The molecule has 0 saturated carbocycles. The molecule has 0 saturated heterocycles. The van der Waals surface area contributed by atoms with E-state index in [0.717, 1.165) is 17.7 Å². The molecule has 0 heterocycles. The molecule has 1 N–H and O–H groups in total. The van der Waals surface area contributed by atoms with Crippen LogP contribution in [0.5, 0.6) is 5.75 Å². The molecule has 0 aliphatic heterocycles. The normalized spacial score (nSPS) is 10.6. The van der Waals surface area contributed by atoms with Gasteiger partial charge in [-0.25, -0.2) is 4.79 Å². The summed E-state index contributed by atoms with van der Waals surface area (Å²) in [4.78, 5) is 10.9. The maximum absolute atomic E-state index is 10.9. The largest absolute Gasteiger partial charge is 0.497 e. The first-order chi connectivity index (χ1) is 7.67. The molecule has 1 rings (SSSR count). The van der Waals surface area contributed by atoms with Crippen LogP contribution in [0.25, 0.3) is 6.08 Å². The molecule has 1 aromatic carbocycles. The van der Waals surface area contributed by atoms with Crippen molar-refractivity contribution in [3.63, 3.8) is 0 Å². The third-order valence-corrected chi connectivity index (χ3v) is 2.28. The number of aromatic carboxylic acids is 1. The number of thiol groups is 1. The van der Waals surface area contributed by atoms with E-state index in [4.69, 9.17) is 9.84 Å². The van der Waals surface area contributed by atoms with Gasteiger partial charge in [-0.1, -0.05) is 12.2 Å². The van der Waals surface area contributed by atoms with E-state index >= 15 is 0 Å². The van der Waals surface area contributed by atoms with Gasteiger partial charge in [-0.2, -0.15) is 12.6 Å². The second-order valence-electron chi connectivity index (χ2n) is 3.21. The van der Waals surface area contributed by atoms with Gasteiger partial charge >= 0.3 is 5.97 Å². The maximum atomic E-state index is 10.9. The van der Waals surface area contributed by atoms with Crippen LogP contribution in [0.1, 0.15) is 22.3 Å². The molecule has 3 nitrogen and oxygen atoms in total.